The molecular weight excluding hydrogens is 785 g/mol. The smallest absolute Gasteiger partial charge is 0.228 e. The number of H-pyrrole nitrogens is 2. The second kappa shape index (κ2) is 17.2. The van der Waals surface area contributed by atoms with Gasteiger partial charge < -0.3 is 30.8 Å². The number of aromatic amines is 2. The van der Waals surface area contributed by atoms with Crippen LogP contribution in [0.25, 0.3) is 44.8 Å². The monoisotopic (exact) mass is 824 g/mol. The maximum atomic E-state index is 14.5. The van der Waals surface area contributed by atoms with Crippen molar-refractivity contribution in [3.63, 3.8) is 0 Å². The Kier molecular flexibility index (Phi) is 12.1. The van der Waals surface area contributed by atoms with Gasteiger partial charge in [0.1, 0.15) is 11.3 Å². The number of likely N-dealkylation sites (tertiary alicyclic amines) is 1. The highest BCUT2D eigenvalue weighted by molar-refractivity contribution is 6.31. The normalized spacial score (nSPS) is 18.7. The topological polar surface area (TPSA) is 165 Å². The summed E-state index contributed by atoms with van der Waals surface area (Å²) < 4.78 is 28.6. The number of carbonyl (C=O) groups excluding carboxylic acids is 1. The summed E-state index contributed by atoms with van der Waals surface area (Å²) in [6.45, 7) is 5.13. The summed E-state index contributed by atoms with van der Waals surface area (Å²) in [5.74, 6) is 0.398. The molecule has 1 aliphatic carbocycles. The molecular formula is C38H41Cl3F2N12O. The molecule has 0 spiro atoms. The van der Waals surface area contributed by atoms with Gasteiger partial charge in [-0.25, -0.2) is 38.7 Å². The van der Waals surface area contributed by atoms with E-state index in [-0.39, 0.29) is 35.0 Å². The molecule has 13 nitrogen and oxygen atoms in total. The van der Waals surface area contributed by atoms with Gasteiger partial charge in [0.2, 0.25) is 5.91 Å². The Balaban J connectivity index is 0.000000168. The highest BCUT2D eigenvalue weighted by Crippen LogP contribution is 2.47. The zero-order valence-corrected chi connectivity index (χ0v) is 33.0. The molecule has 2 saturated heterocycles. The molecule has 0 aromatic carbocycles. The van der Waals surface area contributed by atoms with Crippen molar-refractivity contribution in [3.05, 3.63) is 71.0 Å². The van der Waals surface area contributed by atoms with E-state index in [1.807, 2.05) is 11.8 Å². The Morgan fingerprint density at radius 3 is 1.86 bits per heavy atom. The number of aromatic nitrogens is 8. The molecule has 8 heterocycles. The Morgan fingerprint density at radius 2 is 1.34 bits per heavy atom. The molecule has 0 unspecified atom stereocenters. The molecule has 3 aliphatic rings. The second-order valence-corrected chi connectivity index (χ2v) is 15.1. The van der Waals surface area contributed by atoms with Crippen molar-refractivity contribution in [1.82, 2.24) is 50.1 Å². The highest BCUT2D eigenvalue weighted by Gasteiger charge is 2.47. The molecule has 0 bridgehead atoms. The van der Waals surface area contributed by atoms with Crippen molar-refractivity contribution in [3.8, 4) is 22.8 Å². The van der Waals surface area contributed by atoms with Gasteiger partial charge in [0, 0.05) is 90.2 Å². The summed E-state index contributed by atoms with van der Waals surface area (Å²) in [6.07, 6.45) is 16.1. The third-order valence-electron chi connectivity index (χ3n) is 10.2. The van der Waals surface area contributed by atoms with Crippen LogP contribution in [0.1, 0.15) is 45.4 Å². The van der Waals surface area contributed by atoms with Crippen LogP contribution in [0, 0.1) is 17.0 Å². The quantitative estimate of drug-likeness (QED) is 0.100. The van der Waals surface area contributed by atoms with Crippen molar-refractivity contribution in [2.75, 3.05) is 43.2 Å². The van der Waals surface area contributed by atoms with E-state index in [0.29, 0.717) is 45.1 Å². The summed E-state index contributed by atoms with van der Waals surface area (Å²) in [7, 11) is 0. The SMILES string of the molecule is CC1(C(=O)N2CCC[C@H](Nc3nc(-c4c[nH]c5ncc(Cl)cc45)ncc3F)C2)CC1.CCl.Fc1cnc(-c2c[nH]c3ncc(Cl)cc23)nc1N[C@H]1CCCNC1. The Labute approximate surface area is 336 Å². The minimum atomic E-state index is -0.521. The lowest BCUT2D eigenvalue weighted by Crippen LogP contribution is -2.47. The molecule has 9 rings (SSSR count). The van der Waals surface area contributed by atoms with Gasteiger partial charge in [-0.2, -0.15) is 0 Å². The molecule has 56 heavy (non-hydrogen) atoms. The third-order valence-corrected chi connectivity index (χ3v) is 10.6. The first-order valence-corrected chi connectivity index (χ1v) is 19.9. The lowest BCUT2D eigenvalue weighted by molar-refractivity contribution is -0.137. The van der Waals surface area contributed by atoms with Crippen molar-refractivity contribution in [2.24, 2.45) is 5.41 Å². The lowest BCUT2D eigenvalue weighted by Gasteiger charge is -2.35. The number of alkyl halides is 1. The molecule has 0 radical (unpaired) electrons. The number of rotatable bonds is 7. The third kappa shape index (κ3) is 8.80. The number of piperidine rings is 2. The second-order valence-electron chi connectivity index (χ2n) is 14.3. The predicted molar refractivity (Wildman–Crippen MR) is 216 cm³/mol. The molecule has 6 aromatic rings. The summed E-state index contributed by atoms with van der Waals surface area (Å²) >= 11 is 16.7. The number of halogens is 5. The van der Waals surface area contributed by atoms with Crippen LogP contribution in [0.2, 0.25) is 10.0 Å². The van der Waals surface area contributed by atoms with Crippen molar-refractivity contribution < 1.29 is 13.6 Å². The number of amides is 1. The largest absolute Gasteiger partial charge is 0.364 e. The van der Waals surface area contributed by atoms with Gasteiger partial charge in [-0.15, -0.1) is 11.6 Å². The maximum Gasteiger partial charge on any atom is 0.228 e. The van der Waals surface area contributed by atoms with Gasteiger partial charge in [0.25, 0.3) is 0 Å². The molecule has 18 heteroatoms. The molecule has 3 fully saturated rings. The number of anilines is 2. The van der Waals surface area contributed by atoms with Crippen LogP contribution in [-0.2, 0) is 4.79 Å². The average Bonchev–Trinajstić information content (AvgIpc) is 3.62. The molecule has 2 atom stereocenters. The first-order valence-electron chi connectivity index (χ1n) is 18.4. The van der Waals surface area contributed by atoms with Crippen molar-refractivity contribution >= 4 is 74.4 Å². The zero-order valence-electron chi connectivity index (χ0n) is 30.8. The van der Waals surface area contributed by atoms with Crippen LogP contribution >= 0.6 is 34.8 Å². The van der Waals surface area contributed by atoms with Gasteiger partial charge in [0.15, 0.2) is 34.9 Å². The standard InChI is InChI=1S/C21H22ClFN6O.C16H16ClFN6.CH3Cl/c1-21(4-5-21)20(30)29-6-2-3-13(11-29)27-19-16(23)10-26-18(28-19)15-9-25-17-14(15)7-12(22)8-24-17;17-9-4-11-12(7-21-14(11)20-5-9)15-22-8-13(18)16(24-15)23-10-2-1-3-19-6-10;1-2/h7-10,13H,2-6,11H2,1H3,(H,24,25)(H,26,27,28);4-5,7-8,10,19H,1-3,6H2,(H,20,21)(H,22,23,24);1H3/t13-;10-;/m00./s1. The summed E-state index contributed by atoms with van der Waals surface area (Å²) in [4.78, 5) is 46.2. The van der Waals surface area contributed by atoms with Gasteiger partial charge >= 0.3 is 0 Å². The van der Waals surface area contributed by atoms with E-state index in [0.717, 1.165) is 74.5 Å². The molecule has 294 valence electrons. The first-order chi connectivity index (χ1) is 27.1. The van der Waals surface area contributed by atoms with E-state index < -0.39 is 11.6 Å². The molecule has 1 amide bonds. The molecule has 6 aromatic heterocycles. The minimum absolute atomic E-state index is 0.0543. The highest BCUT2D eigenvalue weighted by atomic mass is 35.5. The van der Waals surface area contributed by atoms with Crippen molar-refractivity contribution in [2.45, 2.75) is 57.5 Å². The van der Waals surface area contributed by atoms with Crippen LogP contribution in [0.15, 0.2) is 49.3 Å². The fourth-order valence-electron chi connectivity index (χ4n) is 6.95. The number of nitrogens with zero attached hydrogens (tertiary/aromatic N) is 7. The van der Waals surface area contributed by atoms with E-state index in [4.69, 9.17) is 23.2 Å². The number of nitrogens with one attached hydrogen (secondary N) is 5. The van der Waals surface area contributed by atoms with Gasteiger partial charge in [-0.05, 0) is 57.2 Å². The fourth-order valence-corrected chi connectivity index (χ4v) is 7.26. The number of pyridine rings is 2. The van der Waals surface area contributed by atoms with Gasteiger partial charge in [0.05, 0.1) is 22.4 Å². The Bertz CT molecular complexity index is 2330. The summed E-state index contributed by atoms with van der Waals surface area (Å²) in [5.41, 5.74) is 2.59. The number of carbonyl (C=O) groups is 1. The van der Waals surface area contributed by atoms with E-state index in [2.05, 4.69) is 67.4 Å². The van der Waals surface area contributed by atoms with Crippen LogP contribution in [0.3, 0.4) is 0 Å². The van der Waals surface area contributed by atoms with Crippen molar-refractivity contribution in [1.29, 1.82) is 0 Å². The van der Waals surface area contributed by atoms with Crippen LogP contribution in [-0.4, -0.2) is 95.3 Å². The number of fused-ring (bicyclic) bond motifs is 2. The summed E-state index contributed by atoms with van der Waals surface area (Å²) in [5, 5.41) is 12.3. The first kappa shape index (κ1) is 39.5. The van der Waals surface area contributed by atoms with E-state index >= 15 is 0 Å². The zero-order chi connectivity index (χ0) is 39.4. The van der Waals surface area contributed by atoms with Gasteiger partial charge in [-0.3, -0.25) is 4.79 Å². The average molecular weight is 826 g/mol. The van der Waals surface area contributed by atoms with Crippen LogP contribution in [0.4, 0.5) is 20.4 Å². The summed E-state index contributed by atoms with van der Waals surface area (Å²) in [6, 6.07) is 3.68. The van der Waals surface area contributed by atoms with Crippen LogP contribution < -0.4 is 16.0 Å². The predicted octanol–water partition coefficient (Wildman–Crippen LogP) is 7.85. The fraction of sp³-hybridized carbons (Fsp3) is 0.395. The van der Waals surface area contributed by atoms with Gasteiger partial charge in [-0.1, -0.05) is 30.1 Å². The number of hydrogen-bond donors (Lipinski definition) is 5. The molecule has 1 saturated carbocycles. The minimum Gasteiger partial charge on any atom is -0.364 e. The van der Waals surface area contributed by atoms with E-state index in [1.54, 1.807) is 36.9 Å². The Morgan fingerprint density at radius 1 is 0.804 bits per heavy atom. The number of hydrogen-bond acceptors (Lipinski definition) is 10. The molecule has 2 aliphatic heterocycles. The van der Waals surface area contributed by atoms with E-state index in [1.165, 1.54) is 18.8 Å². The Hall–Kier alpha value is -4.70. The molecule has 5 N–H and O–H groups in total. The lowest BCUT2D eigenvalue weighted by atomic mass is 10.0. The van der Waals surface area contributed by atoms with Crippen LogP contribution in [0.5, 0.6) is 0 Å². The maximum absolute atomic E-state index is 14.5. The van der Waals surface area contributed by atoms with E-state index in [9.17, 15) is 13.6 Å².